The summed E-state index contributed by atoms with van der Waals surface area (Å²) in [7, 11) is 1.53. The number of nitrogens with one attached hydrogen (secondary N) is 1. The van der Waals surface area contributed by atoms with Crippen LogP contribution in [0.3, 0.4) is 0 Å². The van der Waals surface area contributed by atoms with Crippen LogP contribution >= 0.6 is 27.5 Å². The Bertz CT molecular complexity index is 616. The lowest BCUT2D eigenvalue weighted by Crippen LogP contribution is -2.13. The molecule has 3 nitrogen and oxygen atoms in total. The van der Waals surface area contributed by atoms with Gasteiger partial charge in [0, 0.05) is 15.2 Å². The Labute approximate surface area is 124 Å². The average Bonchev–Trinajstić information content (AvgIpc) is 2.38. The van der Waals surface area contributed by atoms with Gasteiger partial charge in [0.1, 0.15) is 5.75 Å². The van der Waals surface area contributed by atoms with E-state index in [4.69, 9.17) is 16.3 Å². The van der Waals surface area contributed by atoms with Crippen LogP contribution in [0.25, 0.3) is 0 Å². The van der Waals surface area contributed by atoms with Crippen molar-refractivity contribution < 1.29 is 9.53 Å². The topological polar surface area (TPSA) is 38.3 Å². The summed E-state index contributed by atoms with van der Waals surface area (Å²) in [4.78, 5) is 12.2. The Hall–Kier alpha value is -1.52. The van der Waals surface area contributed by atoms with Gasteiger partial charge in [-0.15, -0.1) is 0 Å². The Morgan fingerprint density at radius 1 is 1.26 bits per heavy atom. The lowest BCUT2D eigenvalue weighted by molar-refractivity contribution is 0.102. The van der Waals surface area contributed by atoms with Gasteiger partial charge in [0.2, 0.25) is 0 Å². The number of benzene rings is 2. The molecule has 0 atom stereocenters. The Kier molecular flexibility index (Phi) is 4.45. The number of halogens is 2. The number of carbonyl (C=O) groups excluding carboxylic acids is 1. The summed E-state index contributed by atoms with van der Waals surface area (Å²) in [5.74, 6) is 0.267. The van der Waals surface area contributed by atoms with Gasteiger partial charge in [-0.1, -0.05) is 33.6 Å². The molecule has 1 N–H and O–H groups in total. The van der Waals surface area contributed by atoms with Crippen LogP contribution in [0.2, 0.25) is 5.02 Å². The molecule has 2 aromatic rings. The summed E-state index contributed by atoms with van der Waals surface area (Å²) in [6.45, 7) is 0. The number of hydrogen-bond donors (Lipinski definition) is 1. The van der Waals surface area contributed by atoms with Crippen molar-refractivity contribution in [1.82, 2.24) is 0 Å². The Balaban J connectivity index is 2.27. The third kappa shape index (κ3) is 3.49. The second kappa shape index (κ2) is 6.08. The molecule has 2 rings (SSSR count). The highest BCUT2D eigenvalue weighted by molar-refractivity contribution is 9.10. The maximum absolute atomic E-state index is 12.2. The monoisotopic (exact) mass is 339 g/mol. The van der Waals surface area contributed by atoms with Gasteiger partial charge < -0.3 is 10.1 Å². The SMILES string of the molecule is COc1ccc(Br)cc1C(=O)Nc1cccc(Cl)c1. The first-order chi connectivity index (χ1) is 9.10. The Morgan fingerprint density at radius 2 is 2.05 bits per heavy atom. The zero-order valence-electron chi connectivity index (χ0n) is 10.1. The average molecular weight is 341 g/mol. The maximum Gasteiger partial charge on any atom is 0.259 e. The fourth-order valence-corrected chi connectivity index (χ4v) is 2.17. The first-order valence-electron chi connectivity index (χ1n) is 5.50. The van der Waals surface area contributed by atoms with Gasteiger partial charge in [0.25, 0.3) is 5.91 Å². The first-order valence-corrected chi connectivity index (χ1v) is 6.67. The molecule has 0 heterocycles. The van der Waals surface area contributed by atoms with E-state index in [1.165, 1.54) is 7.11 Å². The van der Waals surface area contributed by atoms with Crippen LogP contribution in [0.5, 0.6) is 5.75 Å². The molecule has 0 unspecified atom stereocenters. The minimum Gasteiger partial charge on any atom is -0.496 e. The summed E-state index contributed by atoms with van der Waals surface area (Å²) in [5.41, 5.74) is 1.09. The van der Waals surface area contributed by atoms with Crippen LogP contribution < -0.4 is 10.1 Å². The van der Waals surface area contributed by atoms with Gasteiger partial charge >= 0.3 is 0 Å². The molecular weight excluding hydrogens is 330 g/mol. The first kappa shape index (κ1) is 13.9. The summed E-state index contributed by atoms with van der Waals surface area (Å²) in [5, 5.41) is 3.35. The molecule has 2 aromatic carbocycles. The second-order valence-corrected chi connectivity index (χ2v) is 5.16. The van der Waals surface area contributed by atoms with Crippen molar-refractivity contribution >= 4 is 39.1 Å². The number of hydrogen-bond acceptors (Lipinski definition) is 2. The van der Waals surface area contributed by atoms with Crippen LogP contribution in [0.15, 0.2) is 46.9 Å². The molecule has 0 bridgehead atoms. The van der Waals surface area contributed by atoms with E-state index in [9.17, 15) is 4.79 Å². The molecule has 0 fully saturated rings. The lowest BCUT2D eigenvalue weighted by atomic mass is 10.2. The zero-order chi connectivity index (χ0) is 13.8. The van der Waals surface area contributed by atoms with E-state index in [-0.39, 0.29) is 5.91 Å². The van der Waals surface area contributed by atoms with Crippen LogP contribution in [-0.2, 0) is 0 Å². The van der Waals surface area contributed by atoms with Gasteiger partial charge in [-0.05, 0) is 36.4 Å². The minimum atomic E-state index is -0.250. The fourth-order valence-electron chi connectivity index (χ4n) is 1.62. The summed E-state index contributed by atoms with van der Waals surface area (Å²) in [6.07, 6.45) is 0. The normalized spacial score (nSPS) is 10.1. The quantitative estimate of drug-likeness (QED) is 0.901. The summed E-state index contributed by atoms with van der Waals surface area (Å²) < 4.78 is 5.98. The molecule has 5 heteroatoms. The molecule has 0 aliphatic carbocycles. The van der Waals surface area contributed by atoms with Gasteiger partial charge in [-0.25, -0.2) is 0 Å². The molecule has 0 radical (unpaired) electrons. The van der Waals surface area contributed by atoms with Crippen LogP contribution in [0.1, 0.15) is 10.4 Å². The van der Waals surface area contributed by atoms with Crippen LogP contribution in [0, 0.1) is 0 Å². The van der Waals surface area contributed by atoms with E-state index in [0.717, 1.165) is 4.47 Å². The highest BCUT2D eigenvalue weighted by Crippen LogP contribution is 2.24. The second-order valence-electron chi connectivity index (χ2n) is 3.81. The van der Waals surface area contributed by atoms with Gasteiger partial charge in [-0.3, -0.25) is 4.79 Å². The van der Waals surface area contributed by atoms with E-state index in [0.29, 0.717) is 22.0 Å². The van der Waals surface area contributed by atoms with Crippen molar-refractivity contribution in [2.75, 3.05) is 12.4 Å². The minimum absolute atomic E-state index is 0.250. The predicted octanol–water partition coefficient (Wildman–Crippen LogP) is 4.36. The van der Waals surface area contributed by atoms with Crippen LogP contribution in [-0.4, -0.2) is 13.0 Å². The third-order valence-electron chi connectivity index (χ3n) is 2.49. The molecular formula is C14H11BrClNO2. The van der Waals surface area contributed by atoms with Gasteiger partial charge in [-0.2, -0.15) is 0 Å². The number of ether oxygens (including phenoxy) is 1. The van der Waals surface area contributed by atoms with Crippen molar-refractivity contribution in [2.24, 2.45) is 0 Å². The maximum atomic E-state index is 12.2. The zero-order valence-corrected chi connectivity index (χ0v) is 12.5. The van der Waals surface area contributed by atoms with Crippen molar-refractivity contribution in [2.45, 2.75) is 0 Å². The molecule has 0 aliphatic heterocycles. The summed E-state index contributed by atoms with van der Waals surface area (Å²) in [6, 6.07) is 12.2. The van der Waals surface area contributed by atoms with Crippen molar-refractivity contribution in [3.63, 3.8) is 0 Å². The highest BCUT2D eigenvalue weighted by Gasteiger charge is 2.13. The standard InChI is InChI=1S/C14H11BrClNO2/c1-19-13-6-5-9(15)7-12(13)14(18)17-11-4-2-3-10(16)8-11/h2-8H,1H3,(H,17,18). The third-order valence-corrected chi connectivity index (χ3v) is 3.22. The number of carbonyl (C=O) groups is 1. The van der Waals surface area contributed by atoms with Crippen molar-refractivity contribution in [3.8, 4) is 5.75 Å². The van der Waals surface area contributed by atoms with E-state index in [1.807, 2.05) is 6.07 Å². The lowest BCUT2D eigenvalue weighted by Gasteiger charge is -2.10. The number of rotatable bonds is 3. The molecule has 98 valence electrons. The van der Waals surface area contributed by atoms with Gasteiger partial charge in [0.15, 0.2) is 0 Å². The largest absolute Gasteiger partial charge is 0.496 e. The highest BCUT2D eigenvalue weighted by atomic mass is 79.9. The van der Waals surface area contributed by atoms with Crippen molar-refractivity contribution in [3.05, 3.63) is 57.5 Å². The van der Waals surface area contributed by atoms with E-state index in [1.54, 1.807) is 36.4 Å². The van der Waals surface area contributed by atoms with Crippen molar-refractivity contribution in [1.29, 1.82) is 0 Å². The molecule has 0 saturated heterocycles. The molecule has 1 amide bonds. The Morgan fingerprint density at radius 3 is 2.74 bits per heavy atom. The van der Waals surface area contributed by atoms with E-state index < -0.39 is 0 Å². The van der Waals surface area contributed by atoms with E-state index >= 15 is 0 Å². The number of amides is 1. The molecule has 0 aromatic heterocycles. The predicted molar refractivity (Wildman–Crippen MR) is 80.1 cm³/mol. The molecule has 0 aliphatic rings. The molecule has 0 saturated carbocycles. The van der Waals surface area contributed by atoms with E-state index in [2.05, 4.69) is 21.2 Å². The number of methoxy groups -OCH3 is 1. The fraction of sp³-hybridized carbons (Fsp3) is 0.0714. The molecule has 19 heavy (non-hydrogen) atoms. The summed E-state index contributed by atoms with van der Waals surface area (Å²) >= 11 is 9.21. The molecule has 0 spiro atoms. The van der Waals surface area contributed by atoms with Gasteiger partial charge in [0.05, 0.1) is 12.7 Å². The smallest absolute Gasteiger partial charge is 0.259 e. The number of anilines is 1. The van der Waals surface area contributed by atoms with Crippen LogP contribution in [0.4, 0.5) is 5.69 Å².